The van der Waals surface area contributed by atoms with Gasteiger partial charge in [0, 0.05) is 12.6 Å². The van der Waals surface area contributed by atoms with Crippen LogP contribution in [0.4, 0.5) is 4.39 Å². The van der Waals surface area contributed by atoms with Gasteiger partial charge in [-0.05, 0) is 29.8 Å². The number of amides is 1. The fourth-order valence-electron chi connectivity index (χ4n) is 1.92. The lowest BCUT2D eigenvalue weighted by atomic mass is 10.2. The van der Waals surface area contributed by atoms with Crippen molar-refractivity contribution in [2.45, 2.75) is 6.54 Å². The Morgan fingerprint density at radius 3 is 2.61 bits per heavy atom. The molecule has 0 heterocycles. The van der Waals surface area contributed by atoms with Crippen LogP contribution < -0.4 is 19.5 Å². The molecule has 2 aromatic rings. The van der Waals surface area contributed by atoms with E-state index in [4.69, 9.17) is 14.2 Å². The maximum Gasteiger partial charge on any atom is 0.258 e. The van der Waals surface area contributed by atoms with Crippen LogP contribution in [0.15, 0.2) is 42.5 Å². The van der Waals surface area contributed by atoms with E-state index in [0.29, 0.717) is 6.54 Å². The van der Waals surface area contributed by atoms with Crippen molar-refractivity contribution in [3.8, 4) is 17.2 Å². The van der Waals surface area contributed by atoms with Gasteiger partial charge in [-0.3, -0.25) is 4.79 Å². The van der Waals surface area contributed by atoms with Gasteiger partial charge in [0.2, 0.25) is 0 Å². The summed E-state index contributed by atoms with van der Waals surface area (Å²) < 4.78 is 28.7. The molecule has 0 spiro atoms. The van der Waals surface area contributed by atoms with Crippen molar-refractivity contribution in [3.05, 3.63) is 53.8 Å². The van der Waals surface area contributed by atoms with Crippen LogP contribution in [0.1, 0.15) is 5.56 Å². The predicted molar refractivity (Wildman–Crippen MR) is 83.3 cm³/mol. The zero-order chi connectivity index (χ0) is 16.7. The van der Waals surface area contributed by atoms with Crippen LogP contribution >= 0.6 is 0 Å². The van der Waals surface area contributed by atoms with Crippen LogP contribution in [-0.4, -0.2) is 26.7 Å². The first-order chi connectivity index (χ1) is 11.1. The molecule has 1 amide bonds. The van der Waals surface area contributed by atoms with E-state index in [2.05, 4.69) is 5.32 Å². The molecule has 0 bridgehead atoms. The molecular formula is C17H18FNO4. The van der Waals surface area contributed by atoms with Gasteiger partial charge >= 0.3 is 0 Å². The van der Waals surface area contributed by atoms with E-state index in [1.54, 1.807) is 7.11 Å². The number of hydrogen-bond donors (Lipinski definition) is 1. The van der Waals surface area contributed by atoms with Crippen molar-refractivity contribution in [1.82, 2.24) is 5.32 Å². The van der Waals surface area contributed by atoms with Gasteiger partial charge in [-0.2, -0.15) is 0 Å². The SMILES string of the molecule is COc1cccc(CNC(=O)COc2ccc(OC)c(F)c2)c1. The van der Waals surface area contributed by atoms with Crippen LogP contribution in [-0.2, 0) is 11.3 Å². The first kappa shape index (κ1) is 16.6. The van der Waals surface area contributed by atoms with Gasteiger partial charge in [0.05, 0.1) is 14.2 Å². The van der Waals surface area contributed by atoms with Crippen molar-refractivity contribution in [2.24, 2.45) is 0 Å². The predicted octanol–water partition coefficient (Wildman–Crippen LogP) is 2.54. The average molecular weight is 319 g/mol. The number of rotatable bonds is 7. The third-order valence-corrected chi connectivity index (χ3v) is 3.12. The quantitative estimate of drug-likeness (QED) is 0.852. The Bertz CT molecular complexity index is 675. The van der Waals surface area contributed by atoms with Gasteiger partial charge in [0.1, 0.15) is 11.5 Å². The minimum Gasteiger partial charge on any atom is -0.497 e. The minimum atomic E-state index is -0.540. The number of methoxy groups -OCH3 is 2. The van der Waals surface area contributed by atoms with E-state index < -0.39 is 5.82 Å². The van der Waals surface area contributed by atoms with Crippen LogP contribution in [0.2, 0.25) is 0 Å². The fraction of sp³-hybridized carbons (Fsp3) is 0.235. The number of carbonyl (C=O) groups excluding carboxylic acids is 1. The molecule has 0 aliphatic heterocycles. The third kappa shape index (κ3) is 4.88. The zero-order valence-corrected chi connectivity index (χ0v) is 13.0. The highest BCUT2D eigenvalue weighted by atomic mass is 19.1. The fourth-order valence-corrected chi connectivity index (χ4v) is 1.92. The molecule has 0 saturated carbocycles. The lowest BCUT2D eigenvalue weighted by molar-refractivity contribution is -0.123. The molecule has 122 valence electrons. The summed E-state index contributed by atoms with van der Waals surface area (Å²) in [7, 11) is 2.96. The van der Waals surface area contributed by atoms with Crippen molar-refractivity contribution in [2.75, 3.05) is 20.8 Å². The third-order valence-electron chi connectivity index (χ3n) is 3.12. The van der Waals surface area contributed by atoms with Gasteiger partial charge in [0.15, 0.2) is 18.2 Å². The van der Waals surface area contributed by atoms with Gasteiger partial charge in [0.25, 0.3) is 5.91 Å². The molecule has 0 fully saturated rings. The monoisotopic (exact) mass is 319 g/mol. The number of benzene rings is 2. The van der Waals surface area contributed by atoms with E-state index in [1.807, 2.05) is 24.3 Å². The second-order valence-electron chi connectivity index (χ2n) is 4.71. The van der Waals surface area contributed by atoms with Crippen molar-refractivity contribution >= 4 is 5.91 Å². The van der Waals surface area contributed by atoms with Gasteiger partial charge in [-0.1, -0.05) is 12.1 Å². The summed E-state index contributed by atoms with van der Waals surface area (Å²) in [5, 5.41) is 2.72. The van der Waals surface area contributed by atoms with Crippen molar-refractivity contribution in [3.63, 3.8) is 0 Å². The summed E-state index contributed by atoms with van der Waals surface area (Å²) in [6.07, 6.45) is 0. The first-order valence-corrected chi connectivity index (χ1v) is 6.98. The molecule has 0 radical (unpaired) electrons. The largest absolute Gasteiger partial charge is 0.497 e. The summed E-state index contributed by atoms with van der Waals surface area (Å²) in [6.45, 7) is 0.159. The summed E-state index contributed by atoms with van der Waals surface area (Å²) >= 11 is 0. The molecule has 0 aromatic heterocycles. The Kier molecular flexibility index (Phi) is 5.80. The highest BCUT2D eigenvalue weighted by molar-refractivity contribution is 5.77. The standard InChI is InChI=1S/C17H18FNO4/c1-21-13-5-3-4-12(8-13)10-19-17(20)11-23-14-6-7-16(22-2)15(18)9-14/h3-9H,10-11H2,1-2H3,(H,19,20). The van der Waals surface area contributed by atoms with Crippen LogP contribution in [0, 0.1) is 5.82 Å². The highest BCUT2D eigenvalue weighted by Crippen LogP contribution is 2.22. The second kappa shape index (κ2) is 8.03. The Balaban J connectivity index is 1.82. The van der Waals surface area contributed by atoms with Crippen LogP contribution in [0.25, 0.3) is 0 Å². The van der Waals surface area contributed by atoms with Crippen LogP contribution in [0.3, 0.4) is 0 Å². The van der Waals surface area contributed by atoms with Gasteiger partial charge in [-0.25, -0.2) is 4.39 Å². The maximum absolute atomic E-state index is 13.5. The molecule has 2 rings (SSSR count). The number of ether oxygens (including phenoxy) is 3. The maximum atomic E-state index is 13.5. The topological polar surface area (TPSA) is 56.8 Å². The van der Waals surface area contributed by atoms with E-state index >= 15 is 0 Å². The van der Waals surface area contributed by atoms with Gasteiger partial charge < -0.3 is 19.5 Å². The Labute approximate surface area is 134 Å². The van der Waals surface area contributed by atoms with E-state index in [9.17, 15) is 9.18 Å². The number of carbonyl (C=O) groups is 1. The lowest BCUT2D eigenvalue weighted by Gasteiger charge is -2.09. The van der Waals surface area contributed by atoms with Crippen molar-refractivity contribution < 1.29 is 23.4 Å². The zero-order valence-electron chi connectivity index (χ0n) is 13.0. The molecule has 0 saturated heterocycles. The molecule has 0 unspecified atom stereocenters. The molecule has 23 heavy (non-hydrogen) atoms. The second-order valence-corrected chi connectivity index (χ2v) is 4.71. The summed E-state index contributed by atoms with van der Waals surface area (Å²) in [4.78, 5) is 11.8. The van der Waals surface area contributed by atoms with Gasteiger partial charge in [-0.15, -0.1) is 0 Å². The lowest BCUT2D eigenvalue weighted by Crippen LogP contribution is -2.28. The molecule has 2 aromatic carbocycles. The van der Waals surface area contributed by atoms with E-state index in [0.717, 1.165) is 11.3 Å². The summed E-state index contributed by atoms with van der Waals surface area (Å²) in [6, 6.07) is 11.5. The minimum absolute atomic E-state index is 0.125. The number of halogens is 1. The molecule has 0 atom stereocenters. The normalized spacial score (nSPS) is 10.0. The molecule has 5 nitrogen and oxygen atoms in total. The van der Waals surface area contributed by atoms with E-state index in [1.165, 1.54) is 25.3 Å². The van der Waals surface area contributed by atoms with E-state index in [-0.39, 0.29) is 24.0 Å². The molecule has 1 N–H and O–H groups in total. The first-order valence-electron chi connectivity index (χ1n) is 6.98. The molecule has 0 aliphatic carbocycles. The number of nitrogens with one attached hydrogen (secondary N) is 1. The average Bonchev–Trinajstić information content (AvgIpc) is 2.58. The Morgan fingerprint density at radius 2 is 1.91 bits per heavy atom. The van der Waals surface area contributed by atoms with Crippen molar-refractivity contribution in [1.29, 1.82) is 0 Å². The summed E-state index contributed by atoms with van der Waals surface area (Å²) in [5.41, 5.74) is 0.910. The molecule has 6 heteroatoms. The highest BCUT2D eigenvalue weighted by Gasteiger charge is 2.07. The molecule has 0 aliphatic rings. The Morgan fingerprint density at radius 1 is 1.09 bits per heavy atom. The smallest absolute Gasteiger partial charge is 0.258 e. The van der Waals surface area contributed by atoms with Crippen LogP contribution in [0.5, 0.6) is 17.2 Å². The summed E-state index contributed by atoms with van der Waals surface area (Å²) in [5.74, 6) is 0.271. The number of hydrogen-bond acceptors (Lipinski definition) is 4. The molecular weight excluding hydrogens is 301 g/mol. The Hall–Kier alpha value is -2.76.